The van der Waals surface area contributed by atoms with Gasteiger partial charge in [-0.2, -0.15) is 0 Å². The number of H-pyrrole nitrogens is 1. The molecule has 0 saturated carbocycles. The van der Waals surface area contributed by atoms with Crippen molar-refractivity contribution in [2.75, 3.05) is 0 Å². The van der Waals surface area contributed by atoms with E-state index in [0.29, 0.717) is 18.5 Å². The maximum atomic E-state index is 13.0. The second kappa shape index (κ2) is 7.41. The first-order valence-corrected chi connectivity index (χ1v) is 11.3. The Balaban J connectivity index is 1.36. The van der Waals surface area contributed by atoms with Crippen molar-refractivity contribution in [2.45, 2.75) is 32.4 Å². The maximum absolute atomic E-state index is 13.0. The lowest BCUT2D eigenvalue weighted by molar-refractivity contribution is -0.136. The van der Waals surface area contributed by atoms with Gasteiger partial charge in [0.1, 0.15) is 6.04 Å². The van der Waals surface area contributed by atoms with E-state index in [1.165, 1.54) is 10.9 Å². The van der Waals surface area contributed by atoms with Gasteiger partial charge in [-0.15, -0.1) is 0 Å². The molecule has 0 radical (unpaired) electrons. The Kier molecular flexibility index (Phi) is 4.45. The summed E-state index contributed by atoms with van der Waals surface area (Å²) in [7, 11) is 1.97. The predicted octanol–water partition coefficient (Wildman–Crippen LogP) is 3.30. The van der Waals surface area contributed by atoms with Gasteiger partial charge in [0.25, 0.3) is 5.91 Å². The summed E-state index contributed by atoms with van der Waals surface area (Å²) in [4.78, 5) is 46.4. The number of imide groups is 1. The van der Waals surface area contributed by atoms with Crippen LogP contribution in [0.1, 0.15) is 34.3 Å². The van der Waals surface area contributed by atoms with E-state index in [9.17, 15) is 14.4 Å². The lowest BCUT2D eigenvalue weighted by Crippen LogP contribution is -2.52. The molecule has 0 spiro atoms. The molecule has 0 aliphatic carbocycles. The summed E-state index contributed by atoms with van der Waals surface area (Å²) in [5.74, 6) is -0.868. The molecule has 2 aromatic carbocycles. The number of hydrogen-bond acceptors (Lipinski definition) is 4. The van der Waals surface area contributed by atoms with Crippen LogP contribution in [-0.2, 0) is 23.2 Å². The molecule has 2 aromatic heterocycles. The smallest absolute Gasteiger partial charge is 0.255 e. The minimum Gasteiger partial charge on any atom is -0.361 e. The number of aromatic amines is 1. The quantitative estimate of drug-likeness (QED) is 0.465. The first-order chi connectivity index (χ1) is 16.4. The number of nitrogens with one attached hydrogen (secondary N) is 2. The van der Waals surface area contributed by atoms with Gasteiger partial charge in [0.15, 0.2) is 0 Å². The third kappa shape index (κ3) is 3.06. The van der Waals surface area contributed by atoms with Gasteiger partial charge in [-0.1, -0.05) is 18.2 Å². The fraction of sp³-hybridized carbons (Fsp3) is 0.231. The first kappa shape index (κ1) is 20.4. The van der Waals surface area contributed by atoms with Crippen molar-refractivity contribution in [1.82, 2.24) is 24.8 Å². The summed E-state index contributed by atoms with van der Waals surface area (Å²) in [6, 6.07) is 11.4. The van der Waals surface area contributed by atoms with Crippen LogP contribution in [0.5, 0.6) is 0 Å². The van der Waals surface area contributed by atoms with Gasteiger partial charge < -0.3 is 14.5 Å². The molecule has 0 bridgehead atoms. The molecule has 6 rings (SSSR count). The summed E-state index contributed by atoms with van der Waals surface area (Å²) in [5.41, 5.74) is 7.51. The molecule has 8 heteroatoms. The molecule has 4 aromatic rings. The Morgan fingerprint density at radius 3 is 2.71 bits per heavy atom. The zero-order chi connectivity index (χ0) is 23.6. The lowest BCUT2D eigenvalue weighted by atomic mass is 10.00. The number of hydrogen-bond donors (Lipinski definition) is 2. The average molecular weight is 454 g/mol. The van der Waals surface area contributed by atoms with Crippen LogP contribution >= 0.6 is 0 Å². The van der Waals surface area contributed by atoms with Crippen molar-refractivity contribution in [3.63, 3.8) is 0 Å². The van der Waals surface area contributed by atoms with Gasteiger partial charge in [-0.3, -0.25) is 19.7 Å². The molecule has 1 fully saturated rings. The molecule has 2 aliphatic heterocycles. The van der Waals surface area contributed by atoms with Crippen molar-refractivity contribution in [2.24, 2.45) is 7.05 Å². The summed E-state index contributed by atoms with van der Waals surface area (Å²) < 4.78 is 2.00. The van der Waals surface area contributed by atoms with E-state index in [4.69, 9.17) is 0 Å². The summed E-state index contributed by atoms with van der Waals surface area (Å²) in [6.45, 7) is 2.42. The molecule has 8 nitrogen and oxygen atoms in total. The molecule has 2 aliphatic rings. The molecular weight excluding hydrogens is 430 g/mol. The van der Waals surface area contributed by atoms with Gasteiger partial charge >= 0.3 is 0 Å². The lowest BCUT2D eigenvalue weighted by Gasteiger charge is -2.29. The number of nitrogens with zero attached hydrogens (tertiary/aromatic N) is 3. The number of benzene rings is 2. The van der Waals surface area contributed by atoms with Crippen LogP contribution in [0.2, 0.25) is 0 Å². The van der Waals surface area contributed by atoms with E-state index < -0.39 is 11.9 Å². The van der Waals surface area contributed by atoms with Gasteiger partial charge in [0.2, 0.25) is 11.8 Å². The average Bonchev–Trinajstić information content (AvgIpc) is 3.49. The Bertz CT molecular complexity index is 1510. The monoisotopic (exact) mass is 453 g/mol. The zero-order valence-corrected chi connectivity index (χ0v) is 18.9. The highest BCUT2D eigenvalue weighted by molar-refractivity contribution is 6.05. The summed E-state index contributed by atoms with van der Waals surface area (Å²) in [5, 5.41) is 3.54. The number of piperidine rings is 1. The Morgan fingerprint density at radius 2 is 1.88 bits per heavy atom. The number of aromatic nitrogens is 3. The highest BCUT2D eigenvalue weighted by atomic mass is 16.2. The fourth-order valence-electron chi connectivity index (χ4n) is 5.12. The standard InChI is InChI=1S/C26H23N5O3/c1-14-11-27-20-10-16(4-5-18(14)20)24-23(28-13-30(24)2)15-3-6-19-17(9-15)12-31(26(19)34)21-7-8-22(32)29-25(21)33/h3-6,9-11,13,21,27H,7-8,12H2,1-2H3,(H,29,32,33)/t21-/m0/s1. The van der Waals surface area contributed by atoms with Crippen molar-refractivity contribution in [3.05, 3.63) is 65.6 Å². The van der Waals surface area contributed by atoms with E-state index in [2.05, 4.69) is 40.4 Å². The van der Waals surface area contributed by atoms with Crippen LogP contribution in [-0.4, -0.2) is 43.2 Å². The maximum Gasteiger partial charge on any atom is 0.255 e. The predicted molar refractivity (Wildman–Crippen MR) is 127 cm³/mol. The van der Waals surface area contributed by atoms with Crippen molar-refractivity contribution in [3.8, 4) is 22.5 Å². The summed E-state index contributed by atoms with van der Waals surface area (Å²) >= 11 is 0. The SMILES string of the molecule is Cc1c[nH]c2cc(-c3c(-c4ccc5c(c4)CN([C@H]4CCC(=O)NC4=O)C5=O)ncn3C)ccc12. The molecule has 1 saturated heterocycles. The van der Waals surface area contributed by atoms with Crippen LogP contribution in [0.3, 0.4) is 0 Å². The number of fused-ring (bicyclic) bond motifs is 2. The number of amides is 3. The van der Waals surface area contributed by atoms with Crippen molar-refractivity contribution < 1.29 is 14.4 Å². The molecule has 2 N–H and O–H groups in total. The molecular formula is C26H23N5O3. The molecule has 1 atom stereocenters. The number of aryl methyl sites for hydroxylation is 2. The van der Waals surface area contributed by atoms with Crippen LogP contribution < -0.4 is 5.32 Å². The molecule has 34 heavy (non-hydrogen) atoms. The van der Waals surface area contributed by atoms with Crippen LogP contribution in [0.4, 0.5) is 0 Å². The summed E-state index contributed by atoms with van der Waals surface area (Å²) in [6.07, 6.45) is 4.39. The fourth-order valence-corrected chi connectivity index (χ4v) is 5.12. The molecule has 0 unspecified atom stereocenters. The first-order valence-electron chi connectivity index (χ1n) is 11.3. The van der Waals surface area contributed by atoms with Gasteiger partial charge in [0, 0.05) is 53.8 Å². The van der Waals surface area contributed by atoms with E-state index in [0.717, 1.165) is 33.6 Å². The molecule has 3 amide bonds. The van der Waals surface area contributed by atoms with Gasteiger partial charge in [0.05, 0.1) is 17.7 Å². The highest BCUT2D eigenvalue weighted by Crippen LogP contribution is 2.36. The second-order valence-electron chi connectivity index (χ2n) is 9.06. The van der Waals surface area contributed by atoms with E-state index in [-0.39, 0.29) is 18.2 Å². The van der Waals surface area contributed by atoms with Crippen molar-refractivity contribution >= 4 is 28.6 Å². The minimum atomic E-state index is -0.623. The third-order valence-corrected chi connectivity index (χ3v) is 6.90. The van der Waals surface area contributed by atoms with Gasteiger partial charge in [-0.05, 0) is 42.7 Å². The van der Waals surface area contributed by atoms with E-state index in [1.807, 2.05) is 36.0 Å². The third-order valence-electron chi connectivity index (χ3n) is 6.90. The van der Waals surface area contributed by atoms with Gasteiger partial charge in [-0.25, -0.2) is 4.98 Å². The topological polar surface area (TPSA) is 100 Å². The van der Waals surface area contributed by atoms with Crippen LogP contribution in [0, 0.1) is 6.92 Å². The Morgan fingerprint density at radius 1 is 1.06 bits per heavy atom. The van der Waals surface area contributed by atoms with Crippen molar-refractivity contribution in [1.29, 1.82) is 0 Å². The minimum absolute atomic E-state index is 0.176. The Labute approximate surface area is 195 Å². The number of imidazole rings is 1. The largest absolute Gasteiger partial charge is 0.361 e. The van der Waals surface area contributed by atoms with Crippen LogP contribution in [0.15, 0.2) is 48.9 Å². The number of carbonyl (C=O) groups excluding carboxylic acids is 3. The molecule has 4 heterocycles. The Hall–Kier alpha value is -4.20. The normalized spacial score (nSPS) is 18.0. The number of carbonyl (C=O) groups is 3. The highest BCUT2D eigenvalue weighted by Gasteiger charge is 2.39. The molecule has 170 valence electrons. The number of rotatable bonds is 3. The van der Waals surface area contributed by atoms with E-state index >= 15 is 0 Å². The zero-order valence-electron chi connectivity index (χ0n) is 18.9. The second-order valence-corrected chi connectivity index (χ2v) is 9.06. The van der Waals surface area contributed by atoms with E-state index in [1.54, 1.807) is 11.2 Å². The van der Waals surface area contributed by atoms with Crippen LogP contribution in [0.25, 0.3) is 33.4 Å².